The predicted octanol–water partition coefficient (Wildman–Crippen LogP) is 2.31. The maximum atomic E-state index is 12.7. The summed E-state index contributed by atoms with van der Waals surface area (Å²) in [5.41, 5.74) is -4.76. The lowest BCUT2D eigenvalue weighted by Crippen LogP contribution is -2.31. The number of alkyl halides is 3. The molecule has 0 radical (unpaired) electrons. The maximum absolute atomic E-state index is 12.7. The van der Waals surface area contributed by atoms with E-state index in [0.717, 1.165) is 0 Å². The summed E-state index contributed by atoms with van der Waals surface area (Å²) < 4.78 is 76.2. The summed E-state index contributed by atoms with van der Waals surface area (Å²) in [4.78, 5) is 8.34. The zero-order valence-corrected chi connectivity index (χ0v) is 15.1. The van der Waals surface area contributed by atoms with Crippen LogP contribution in [0.15, 0.2) is 0 Å². The Morgan fingerprint density at radius 1 is 1.19 bits per heavy atom. The fraction of sp³-hybridized carbons (Fsp3) is 0.733. The van der Waals surface area contributed by atoms with Gasteiger partial charge in [0.05, 0.1) is 18.9 Å². The summed E-state index contributed by atoms with van der Waals surface area (Å²) in [7, 11) is -5.80. The Balaban J connectivity index is 1.96. The van der Waals surface area contributed by atoms with Gasteiger partial charge in [0.1, 0.15) is 5.82 Å². The number of hydrogen-bond donors (Lipinski definition) is 0. The van der Waals surface area contributed by atoms with Gasteiger partial charge in [-0.1, -0.05) is 13.8 Å². The van der Waals surface area contributed by atoms with Crippen molar-refractivity contribution in [2.75, 3.05) is 13.2 Å². The van der Waals surface area contributed by atoms with Crippen molar-refractivity contribution in [3.8, 4) is 5.88 Å². The molecule has 1 aromatic rings. The molecule has 0 bridgehead atoms. The second-order valence-corrected chi connectivity index (χ2v) is 8.10. The van der Waals surface area contributed by atoms with Gasteiger partial charge in [0, 0.05) is 17.4 Å². The standard InChI is InChI=1S/C15H19F3N2O5S/c1-8(2)12-19-11-7-9(14-23-5-6-24-14)3-4-10(11)13(20-12)25-26(21,22)15(16,17)18/h8-9,14H,3-7H2,1-2H3. The van der Waals surface area contributed by atoms with E-state index in [1.165, 1.54) is 0 Å². The van der Waals surface area contributed by atoms with E-state index >= 15 is 0 Å². The smallest absolute Gasteiger partial charge is 0.355 e. The molecule has 2 heterocycles. The van der Waals surface area contributed by atoms with E-state index < -0.39 is 21.5 Å². The normalized spacial score (nSPS) is 21.8. The van der Waals surface area contributed by atoms with Crippen LogP contribution in [0.25, 0.3) is 0 Å². The van der Waals surface area contributed by atoms with Crippen LogP contribution in [0.1, 0.15) is 43.3 Å². The van der Waals surface area contributed by atoms with Crippen LogP contribution in [0.5, 0.6) is 5.88 Å². The van der Waals surface area contributed by atoms with Crippen molar-refractivity contribution in [2.45, 2.75) is 50.8 Å². The summed E-state index contributed by atoms with van der Waals surface area (Å²) in [6.45, 7) is 4.50. The first-order valence-electron chi connectivity index (χ1n) is 8.22. The van der Waals surface area contributed by atoms with E-state index in [9.17, 15) is 21.6 Å². The van der Waals surface area contributed by atoms with Crippen molar-refractivity contribution in [3.63, 3.8) is 0 Å². The topological polar surface area (TPSA) is 87.6 Å². The molecule has 7 nitrogen and oxygen atoms in total. The van der Waals surface area contributed by atoms with Gasteiger partial charge >= 0.3 is 15.6 Å². The lowest BCUT2D eigenvalue weighted by atomic mass is 9.86. The van der Waals surface area contributed by atoms with Crippen LogP contribution < -0.4 is 4.18 Å². The number of ether oxygens (including phenoxy) is 2. The summed E-state index contributed by atoms with van der Waals surface area (Å²) in [5, 5.41) is 0. The van der Waals surface area contributed by atoms with Gasteiger partial charge in [0.2, 0.25) is 5.88 Å². The highest BCUT2D eigenvalue weighted by Crippen LogP contribution is 2.36. The largest absolute Gasteiger partial charge is 0.534 e. The zero-order chi connectivity index (χ0) is 19.1. The van der Waals surface area contributed by atoms with Crippen LogP contribution in [0.2, 0.25) is 0 Å². The van der Waals surface area contributed by atoms with Crippen LogP contribution in [-0.4, -0.2) is 43.4 Å². The van der Waals surface area contributed by atoms with E-state index in [2.05, 4.69) is 14.2 Å². The first-order chi connectivity index (χ1) is 12.1. The molecule has 1 aliphatic carbocycles. The number of hydrogen-bond acceptors (Lipinski definition) is 7. The van der Waals surface area contributed by atoms with Gasteiger partial charge in [-0.05, 0) is 19.3 Å². The Kier molecular flexibility index (Phi) is 5.15. The van der Waals surface area contributed by atoms with Gasteiger partial charge in [-0.3, -0.25) is 0 Å². The van der Waals surface area contributed by atoms with E-state index in [-0.39, 0.29) is 35.9 Å². The van der Waals surface area contributed by atoms with Gasteiger partial charge < -0.3 is 13.7 Å². The third-order valence-corrected chi connectivity index (χ3v) is 5.26. The van der Waals surface area contributed by atoms with Crippen LogP contribution in [-0.2, 0) is 32.4 Å². The Hall–Kier alpha value is -1.46. The second kappa shape index (κ2) is 6.93. The highest BCUT2D eigenvalue weighted by Gasteiger charge is 2.49. The van der Waals surface area contributed by atoms with E-state index in [1.807, 2.05) is 0 Å². The van der Waals surface area contributed by atoms with Crippen molar-refractivity contribution in [3.05, 3.63) is 17.1 Å². The molecular weight excluding hydrogens is 377 g/mol. The molecule has 0 amide bonds. The number of nitrogens with zero attached hydrogens (tertiary/aromatic N) is 2. The number of halogens is 3. The summed E-state index contributed by atoms with van der Waals surface area (Å²) >= 11 is 0. The third kappa shape index (κ3) is 3.79. The molecule has 1 unspecified atom stereocenters. The predicted molar refractivity (Wildman–Crippen MR) is 82.9 cm³/mol. The molecule has 0 spiro atoms. The third-order valence-electron chi connectivity index (χ3n) is 4.31. The molecule has 3 rings (SSSR count). The van der Waals surface area contributed by atoms with Crippen molar-refractivity contribution in [2.24, 2.45) is 5.92 Å². The molecule has 1 aliphatic heterocycles. The Labute approximate surface area is 149 Å². The maximum Gasteiger partial charge on any atom is 0.534 e. The molecule has 1 saturated heterocycles. The van der Waals surface area contributed by atoms with Crippen LogP contribution in [0.3, 0.4) is 0 Å². The minimum absolute atomic E-state index is 0.00742. The van der Waals surface area contributed by atoms with E-state index in [4.69, 9.17) is 9.47 Å². The first kappa shape index (κ1) is 19.3. The van der Waals surface area contributed by atoms with Crippen molar-refractivity contribution < 1.29 is 35.2 Å². The molecule has 0 N–H and O–H groups in total. The van der Waals surface area contributed by atoms with Gasteiger partial charge in [0.15, 0.2) is 6.29 Å². The zero-order valence-electron chi connectivity index (χ0n) is 14.2. The van der Waals surface area contributed by atoms with Gasteiger partial charge in [-0.15, -0.1) is 0 Å². The lowest BCUT2D eigenvalue weighted by molar-refractivity contribution is -0.0868. The van der Waals surface area contributed by atoms with Gasteiger partial charge in [-0.2, -0.15) is 26.6 Å². The minimum Gasteiger partial charge on any atom is -0.355 e. The highest BCUT2D eigenvalue weighted by molar-refractivity contribution is 7.87. The molecule has 1 atom stereocenters. The monoisotopic (exact) mass is 396 g/mol. The fourth-order valence-corrected chi connectivity index (χ4v) is 3.43. The van der Waals surface area contributed by atoms with Crippen LogP contribution in [0, 0.1) is 5.92 Å². The SMILES string of the molecule is CC(C)c1nc2c(c(OS(=O)(=O)C(F)(F)F)n1)CCC(C1OCCO1)C2. The van der Waals surface area contributed by atoms with Crippen molar-refractivity contribution in [1.82, 2.24) is 9.97 Å². The summed E-state index contributed by atoms with van der Waals surface area (Å²) in [5.74, 6) is -0.532. The number of aromatic nitrogens is 2. The highest BCUT2D eigenvalue weighted by atomic mass is 32.2. The molecule has 2 aliphatic rings. The van der Waals surface area contributed by atoms with E-state index in [0.29, 0.717) is 31.7 Å². The summed E-state index contributed by atoms with van der Waals surface area (Å²) in [6, 6.07) is 0. The quantitative estimate of drug-likeness (QED) is 0.570. The van der Waals surface area contributed by atoms with Crippen LogP contribution >= 0.6 is 0 Å². The fourth-order valence-electron chi connectivity index (χ4n) is 2.99. The Morgan fingerprint density at radius 2 is 1.85 bits per heavy atom. The van der Waals surface area contributed by atoms with Crippen molar-refractivity contribution in [1.29, 1.82) is 0 Å². The van der Waals surface area contributed by atoms with Crippen LogP contribution in [0.4, 0.5) is 13.2 Å². The molecule has 1 aromatic heterocycles. The van der Waals surface area contributed by atoms with Crippen molar-refractivity contribution >= 4 is 10.1 Å². The average Bonchev–Trinajstić information content (AvgIpc) is 3.07. The summed E-state index contributed by atoms with van der Waals surface area (Å²) in [6.07, 6.45) is 0.836. The average molecular weight is 396 g/mol. The first-order valence-corrected chi connectivity index (χ1v) is 9.63. The lowest BCUT2D eigenvalue weighted by Gasteiger charge is -2.28. The molecule has 0 aromatic carbocycles. The minimum atomic E-state index is -5.80. The Bertz CT molecular complexity index is 776. The number of fused-ring (bicyclic) bond motifs is 1. The Morgan fingerprint density at radius 3 is 2.42 bits per heavy atom. The molecule has 26 heavy (non-hydrogen) atoms. The second-order valence-electron chi connectivity index (χ2n) is 6.56. The molecule has 1 fully saturated rings. The molecule has 0 saturated carbocycles. The number of rotatable bonds is 4. The van der Waals surface area contributed by atoms with E-state index in [1.54, 1.807) is 13.8 Å². The molecule has 11 heteroatoms. The molecule has 146 valence electrons. The van der Waals surface area contributed by atoms with Gasteiger partial charge in [-0.25, -0.2) is 4.98 Å². The molecular formula is C15H19F3N2O5S. The van der Waals surface area contributed by atoms with Gasteiger partial charge in [0.25, 0.3) is 0 Å².